The van der Waals surface area contributed by atoms with Gasteiger partial charge in [-0.1, -0.05) is 0 Å². The Balaban J connectivity index is 3.02. The molecule has 0 atom stereocenters. The fourth-order valence-electron chi connectivity index (χ4n) is 0.633. The van der Waals surface area contributed by atoms with Crippen LogP contribution in [0.15, 0.2) is 0 Å². The Kier molecular flexibility index (Phi) is 9.53. The molecule has 0 aliphatic carbocycles. The van der Waals surface area contributed by atoms with E-state index in [1.807, 2.05) is 0 Å². The van der Waals surface area contributed by atoms with Crippen molar-refractivity contribution in [3.8, 4) is 0 Å². The lowest BCUT2D eigenvalue weighted by molar-refractivity contribution is -0.148. The Bertz CT molecular complexity index is 129. The van der Waals surface area contributed by atoms with Crippen molar-refractivity contribution in [2.75, 3.05) is 38.9 Å². The number of alkyl halides is 1. The summed E-state index contributed by atoms with van der Waals surface area (Å²) in [6.45, 7) is 3.46. The van der Waals surface area contributed by atoms with Gasteiger partial charge in [-0.25, -0.2) is 4.79 Å². The second-order valence-electron chi connectivity index (χ2n) is 2.16. The molecule has 78 valence electrons. The number of hydrogen-bond acceptors (Lipinski definition) is 4. The topological polar surface area (TPSA) is 44.8 Å². The molecule has 5 heteroatoms. The van der Waals surface area contributed by atoms with Crippen LogP contribution >= 0.6 is 11.6 Å². The summed E-state index contributed by atoms with van der Waals surface area (Å²) in [4.78, 5) is 10.7. The predicted molar refractivity (Wildman–Crippen MR) is 49.0 cm³/mol. The summed E-state index contributed by atoms with van der Waals surface area (Å²) in [7, 11) is 0. The van der Waals surface area contributed by atoms with E-state index in [-0.39, 0.29) is 12.6 Å². The summed E-state index contributed by atoms with van der Waals surface area (Å²) in [5, 5.41) is 0. The highest BCUT2D eigenvalue weighted by atomic mass is 35.5. The number of carbonyl (C=O) groups is 1. The van der Waals surface area contributed by atoms with E-state index in [1.165, 1.54) is 0 Å². The minimum absolute atomic E-state index is 0.0158. The molecule has 0 fully saturated rings. The van der Waals surface area contributed by atoms with Gasteiger partial charge in [0, 0.05) is 5.88 Å². The van der Waals surface area contributed by atoms with E-state index in [1.54, 1.807) is 6.92 Å². The Morgan fingerprint density at radius 2 is 1.92 bits per heavy atom. The smallest absolute Gasteiger partial charge is 0.332 e. The molecule has 0 aromatic heterocycles. The van der Waals surface area contributed by atoms with Crippen LogP contribution in [0.25, 0.3) is 0 Å². The van der Waals surface area contributed by atoms with Crippen molar-refractivity contribution in [3.05, 3.63) is 0 Å². The highest BCUT2D eigenvalue weighted by Crippen LogP contribution is 1.83. The molecule has 0 amide bonds. The van der Waals surface area contributed by atoms with E-state index in [9.17, 15) is 4.79 Å². The Morgan fingerprint density at radius 3 is 2.54 bits per heavy atom. The fraction of sp³-hybridized carbons (Fsp3) is 0.875. The third-order valence-electron chi connectivity index (χ3n) is 1.12. The van der Waals surface area contributed by atoms with E-state index in [4.69, 9.17) is 21.1 Å². The van der Waals surface area contributed by atoms with Crippen molar-refractivity contribution >= 4 is 17.6 Å². The average Bonchev–Trinajstić information content (AvgIpc) is 2.11. The van der Waals surface area contributed by atoms with Crippen LogP contribution in [0.4, 0.5) is 0 Å². The van der Waals surface area contributed by atoms with Crippen LogP contribution in [0.3, 0.4) is 0 Å². The summed E-state index contributed by atoms with van der Waals surface area (Å²) in [5.74, 6) is 0.123. The summed E-state index contributed by atoms with van der Waals surface area (Å²) >= 11 is 5.37. The molecular formula is C8H15ClO4. The first-order valence-electron chi connectivity index (χ1n) is 4.18. The van der Waals surface area contributed by atoms with Gasteiger partial charge in [-0.05, 0) is 6.92 Å². The average molecular weight is 211 g/mol. The monoisotopic (exact) mass is 210 g/mol. The molecule has 0 aliphatic rings. The molecule has 0 unspecified atom stereocenters. The zero-order valence-corrected chi connectivity index (χ0v) is 8.51. The van der Waals surface area contributed by atoms with Crippen LogP contribution in [-0.2, 0) is 19.0 Å². The van der Waals surface area contributed by atoms with Gasteiger partial charge in [0.2, 0.25) is 0 Å². The number of carbonyl (C=O) groups excluding carboxylic acids is 1. The maximum atomic E-state index is 10.7. The Labute approximate surface area is 83.1 Å². The summed E-state index contributed by atoms with van der Waals surface area (Å²) in [6.07, 6.45) is 0. The molecule has 0 saturated heterocycles. The van der Waals surface area contributed by atoms with Gasteiger partial charge >= 0.3 is 5.97 Å². The van der Waals surface area contributed by atoms with Crippen molar-refractivity contribution in [1.82, 2.24) is 0 Å². The summed E-state index contributed by atoms with van der Waals surface area (Å²) in [6, 6.07) is 0. The van der Waals surface area contributed by atoms with Gasteiger partial charge in [-0.15, -0.1) is 11.6 Å². The lowest BCUT2D eigenvalue weighted by Gasteiger charge is -2.03. The third-order valence-corrected chi connectivity index (χ3v) is 1.27. The minimum Gasteiger partial charge on any atom is -0.464 e. The Hall–Kier alpha value is -0.320. The maximum Gasteiger partial charge on any atom is 0.332 e. The van der Waals surface area contributed by atoms with Gasteiger partial charge < -0.3 is 14.2 Å². The maximum absolute atomic E-state index is 10.7. The van der Waals surface area contributed by atoms with Crippen molar-refractivity contribution in [2.45, 2.75) is 6.92 Å². The van der Waals surface area contributed by atoms with Gasteiger partial charge in [0.1, 0.15) is 6.61 Å². The zero-order chi connectivity index (χ0) is 9.94. The second kappa shape index (κ2) is 9.77. The molecule has 4 nitrogen and oxygen atoms in total. The largest absolute Gasteiger partial charge is 0.464 e. The van der Waals surface area contributed by atoms with Gasteiger partial charge in [-0.3, -0.25) is 0 Å². The molecule has 0 saturated carbocycles. The molecular weight excluding hydrogens is 196 g/mol. The van der Waals surface area contributed by atoms with Crippen LogP contribution in [0.1, 0.15) is 6.92 Å². The fourth-order valence-corrected chi connectivity index (χ4v) is 0.742. The van der Waals surface area contributed by atoms with E-state index >= 15 is 0 Å². The van der Waals surface area contributed by atoms with E-state index < -0.39 is 0 Å². The van der Waals surface area contributed by atoms with Crippen molar-refractivity contribution in [3.63, 3.8) is 0 Å². The second-order valence-corrected chi connectivity index (χ2v) is 2.54. The molecule has 0 aromatic rings. The number of ether oxygens (including phenoxy) is 3. The molecule has 0 spiro atoms. The zero-order valence-electron chi connectivity index (χ0n) is 7.75. The van der Waals surface area contributed by atoms with Gasteiger partial charge in [-0.2, -0.15) is 0 Å². The van der Waals surface area contributed by atoms with Crippen LogP contribution in [0, 0.1) is 0 Å². The van der Waals surface area contributed by atoms with E-state index in [0.29, 0.717) is 32.3 Å². The first-order valence-corrected chi connectivity index (χ1v) is 4.71. The highest BCUT2D eigenvalue weighted by molar-refractivity contribution is 6.17. The lowest BCUT2D eigenvalue weighted by atomic mass is 10.7. The van der Waals surface area contributed by atoms with Gasteiger partial charge in [0.05, 0.1) is 26.4 Å². The van der Waals surface area contributed by atoms with Crippen LogP contribution in [-0.4, -0.2) is 44.9 Å². The molecule has 0 N–H and O–H groups in total. The highest BCUT2D eigenvalue weighted by Gasteiger charge is 1.99. The predicted octanol–water partition coefficient (Wildman–Crippen LogP) is 0.821. The van der Waals surface area contributed by atoms with Crippen molar-refractivity contribution in [2.24, 2.45) is 0 Å². The van der Waals surface area contributed by atoms with Crippen molar-refractivity contribution in [1.29, 1.82) is 0 Å². The van der Waals surface area contributed by atoms with Crippen LogP contribution in [0.5, 0.6) is 0 Å². The third kappa shape index (κ3) is 9.60. The normalized spacial score (nSPS) is 10.0. The standard InChI is InChI=1S/C8H15ClO4/c1-2-13-8(10)7-12-6-5-11-4-3-9/h2-7H2,1H3. The van der Waals surface area contributed by atoms with Gasteiger partial charge in [0.15, 0.2) is 0 Å². The molecule has 0 bridgehead atoms. The van der Waals surface area contributed by atoms with E-state index in [0.717, 1.165) is 0 Å². The Morgan fingerprint density at radius 1 is 1.23 bits per heavy atom. The van der Waals surface area contributed by atoms with Gasteiger partial charge in [0.25, 0.3) is 0 Å². The molecule has 0 rings (SSSR count). The molecule has 0 aromatic carbocycles. The summed E-state index contributed by atoms with van der Waals surface area (Å²) in [5.41, 5.74) is 0. The minimum atomic E-state index is -0.347. The van der Waals surface area contributed by atoms with Crippen LogP contribution in [0.2, 0.25) is 0 Å². The SMILES string of the molecule is CCOC(=O)COCCOCCCl. The first kappa shape index (κ1) is 12.7. The van der Waals surface area contributed by atoms with E-state index in [2.05, 4.69) is 4.74 Å². The number of rotatable bonds is 8. The van der Waals surface area contributed by atoms with Crippen molar-refractivity contribution < 1.29 is 19.0 Å². The number of halogens is 1. The molecule has 0 radical (unpaired) electrons. The van der Waals surface area contributed by atoms with Crippen LogP contribution < -0.4 is 0 Å². The quantitative estimate of drug-likeness (QED) is 0.338. The molecule has 13 heavy (non-hydrogen) atoms. The number of hydrogen-bond donors (Lipinski definition) is 0. The molecule has 0 heterocycles. The molecule has 0 aliphatic heterocycles. The first-order chi connectivity index (χ1) is 6.31. The number of esters is 1. The lowest BCUT2D eigenvalue weighted by Crippen LogP contribution is -2.15. The summed E-state index contributed by atoms with van der Waals surface area (Å²) < 4.78 is 14.6.